The molecular formula is C16H21N3O2. The van der Waals surface area contributed by atoms with E-state index in [0.717, 1.165) is 5.56 Å². The van der Waals surface area contributed by atoms with Crippen LogP contribution in [0.5, 0.6) is 0 Å². The maximum Gasteiger partial charge on any atom is 0.251 e. The van der Waals surface area contributed by atoms with E-state index in [-0.39, 0.29) is 18.4 Å². The maximum atomic E-state index is 12.0. The van der Waals surface area contributed by atoms with Crippen molar-refractivity contribution < 1.29 is 9.59 Å². The predicted molar refractivity (Wildman–Crippen MR) is 82.6 cm³/mol. The van der Waals surface area contributed by atoms with E-state index in [1.807, 2.05) is 0 Å². The molecule has 4 N–H and O–H groups in total. The quantitative estimate of drug-likeness (QED) is 0.705. The highest BCUT2D eigenvalue weighted by Crippen LogP contribution is 2.13. The van der Waals surface area contributed by atoms with Gasteiger partial charge in [0, 0.05) is 24.7 Å². The highest BCUT2D eigenvalue weighted by atomic mass is 16.2. The van der Waals surface area contributed by atoms with Crippen molar-refractivity contribution in [2.45, 2.75) is 13.8 Å². The molecule has 0 aliphatic heterocycles. The third-order valence-electron chi connectivity index (χ3n) is 3.01. The summed E-state index contributed by atoms with van der Waals surface area (Å²) in [5, 5.41) is 5.34. The minimum absolute atomic E-state index is 0.116. The molecule has 0 aliphatic carbocycles. The summed E-state index contributed by atoms with van der Waals surface area (Å²) in [4.78, 5) is 23.7. The number of rotatable bonds is 4. The lowest BCUT2D eigenvalue weighted by atomic mass is 9.92. The van der Waals surface area contributed by atoms with E-state index in [0.29, 0.717) is 12.1 Å². The first-order chi connectivity index (χ1) is 9.90. The first-order valence-electron chi connectivity index (χ1n) is 6.70. The van der Waals surface area contributed by atoms with Crippen LogP contribution in [0.25, 0.3) is 0 Å². The van der Waals surface area contributed by atoms with E-state index in [1.54, 1.807) is 45.2 Å². The third kappa shape index (κ3) is 4.93. The smallest absolute Gasteiger partial charge is 0.251 e. The Morgan fingerprint density at radius 1 is 1.24 bits per heavy atom. The monoisotopic (exact) mass is 287 g/mol. The largest absolute Gasteiger partial charge is 0.359 e. The van der Waals surface area contributed by atoms with Crippen LogP contribution in [0.1, 0.15) is 29.8 Å². The number of hydrogen-bond acceptors (Lipinski definition) is 3. The van der Waals surface area contributed by atoms with E-state index < -0.39 is 5.41 Å². The van der Waals surface area contributed by atoms with Crippen LogP contribution in [0.3, 0.4) is 0 Å². The second-order valence-electron chi connectivity index (χ2n) is 5.23. The fourth-order valence-corrected chi connectivity index (χ4v) is 1.68. The van der Waals surface area contributed by atoms with Crippen molar-refractivity contribution >= 4 is 11.8 Å². The second kappa shape index (κ2) is 7.46. The maximum absolute atomic E-state index is 12.0. The Morgan fingerprint density at radius 2 is 1.86 bits per heavy atom. The number of carbonyl (C=O) groups is 2. The minimum Gasteiger partial charge on any atom is -0.359 e. The van der Waals surface area contributed by atoms with Crippen LogP contribution < -0.4 is 16.4 Å². The molecule has 1 aromatic carbocycles. The summed E-state index contributed by atoms with van der Waals surface area (Å²) < 4.78 is 0. The fraction of sp³-hybridized carbons (Fsp3) is 0.375. The molecule has 0 aromatic heterocycles. The molecule has 0 saturated carbocycles. The number of amides is 2. The first-order valence-corrected chi connectivity index (χ1v) is 6.70. The van der Waals surface area contributed by atoms with Gasteiger partial charge in [-0.15, -0.1) is 0 Å². The predicted octanol–water partition coefficient (Wildman–Crippen LogP) is 0.499. The number of hydrogen-bond donors (Lipinski definition) is 3. The molecule has 0 spiro atoms. The van der Waals surface area contributed by atoms with Crippen molar-refractivity contribution in [1.82, 2.24) is 10.6 Å². The van der Waals surface area contributed by atoms with E-state index >= 15 is 0 Å². The number of nitrogens with one attached hydrogen (secondary N) is 2. The Morgan fingerprint density at radius 3 is 2.38 bits per heavy atom. The molecule has 0 atom stereocenters. The summed E-state index contributed by atoms with van der Waals surface area (Å²) in [5.74, 6) is 5.31. The number of benzene rings is 1. The van der Waals surface area contributed by atoms with Gasteiger partial charge in [-0.2, -0.15) is 0 Å². The Kier molecular flexibility index (Phi) is 5.94. The van der Waals surface area contributed by atoms with E-state index in [2.05, 4.69) is 22.5 Å². The van der Waals surface area contributed by atoms with Crippen LogP contribution in [0.4, 0.5) is 0 Å². The van der Waals surface area contributed by atoms with Gasteiger partial charge in [0.1, 0.15) is 0 Å². The summed E-state index contributed by atoms with van der Waals surface area (Å²) in [5.41, 5.74) is 5.98. The molecule has 5 nitrogen and oxygen atoms in total. The highest BCUT2D eigenvalue weighted by Gasteiger charge is 2.27. The zero-order chi connectivity index (χ0) is 15.9. The molecule has 0 unspecified atom stereocenters. The Labute approximate surface area is 125 Å². The lowest BCUT2D eigenvalue weighted by molar-refractivity contribution is -0.128. The molecule has 0 bridgehead atoms. The lowest BCUT2D eigenvalue weighted by Crippen LogP contribution is -2.43. The molecule has 1 rings (SSSR count). The van der Waals surface area contributed by atoms with Crippen molar-refractivity contribution in [3.63, 3.8) is 0 Å². The summed E-state index contributed by atoms with van der Waals surface area (Å²) in [6, 6.07) is 6.93. The van der Waals surface area contributed by atoms with Crippen LogP contribution in [-0.4, -0.2) is 32.0 Å². The third-order valence-corrected chi connectivity index (χ3v) is 3.01. The molecular weight excluding hydrogens is 266 g/mol. The van der Waals surface area contributed by atoms with Crippen molar-refractivity contribution in [1.29, 1.82) is 0 Å². The molecule has 0 fully saturated rings. The molecule has 0 radical (unpaired) electrons. The molecule has 1 aromatic rings. The Hall–Kier alpha value is -2.32. The van der Waals surface area contributed by atoms with Crippen molar-refractivity contribution in [3.05, 3.63) is 35.4 Å². The van der Waals surface area contributed by atoms with Gasteiger partial charge in [-0.05, 0) is 38.1 Å². The first kappa shape index (κ1) is 16.7. The van der Waals surface area contributed by atoms with Crippen molar-refractivity contribution in [3.8, 4) is 11.8 Å². The summed E-state index contributed by atoms with van der Waals surface area (Å²) >= 11 is 0. The van der Waals surface area contributed by atoms with E-state index in [9.17, 15) is 9.59 Å². The number of carbonyl (C=O) groups excluding carboxylic acids is 2. The van der Waals surface area contributed by atoms with Gasteiger partial charge >= 0.3 is 0 Å². The van der Waals surface area contributed by atoms with Crippen molar-refractivity contribution in [2.24, 2.45) is 11.1 Å². The van der Waals surface area contributed by atoms with Crippen LogP contribution in [0.2, 0.25) is 0 Å². The lowest BCUT2D eigenvalue weighted by Gasteiger charge is -2.22. The van der Waals surface area contributed by atoms with Gasteiger partial charge in [-0.3, -0.25) is 9.59 Å². The zero-order valence-corrected chi connectivity index (χ0v) is 12.6. The van der Waals surface area contributed by atoms with Crippen LogP contribution in [-0.2, 0) is 4.79 Å². The summed E-state index contributed by atoms with van der Waals surface area (Å²) in [6.07, 6.45) is 0. The minimum atomic E-state index is -0.656. The molecule has 21 heavy (non-hydrogen) atoms. The van der Waals surface area contributed by atoms with Crippen LogP contribution in [0.15, 0.2) is 24.3 Å². The SMILES string of the molecule is CNC(=O)C(C)(C)CNC(=O)c1ccc(C#CCN)cc1. The molecule has 2 amide bonds. The van der Waals surface area contributed by atoms with E-state index in [1.165, 1.54) is 0 Å². The molecule has 0 aliphatic rings. The Balaban J connectivity index is 2.66. The van der Waals surface area contributed by atoms with E-state index in [4.69, 9.17) is 5.73 Å². The van der Waals surface area contributed by atoms with Gasteiger partial charge in [-0.25, -0.2) is 0 Å². The molecule has 112 valence electrons. The van der Waals surface area contributed by atoms with Gasteiger partial charge in [0.25, 0.3) is 5.91 Å². The molecule has 0 saturated heterocycles. The average molecular weight is 287 g/mol. The highest BCUT2D eigenvalue weighted by molar-refractivity contribution is 5.94. The standard InChI is InChI=1S/C16H21N3O2/c1-16(2,15(21)18-3)11-19-14(20)13-8-6-12(7-9-13)5-4-10-17/h6-9H,10-11,17H2,1-3H3,(H,18,21)(H,19,20). The van der Waals surface area contributed by atoms with Crippen LogP contribution >= 0.6 is 0 Å². The van der Waals surface area contributed by atoms with Gasteiger partial charge in [0.05, 0.1) is 12.0 Å². The second-order valence-corrected chi connectivity index (χ2v) is 5.23. The van der Waals surface area contributed by atoms with Gasteiger partial charge < -0.3 is 16.4 Å². The molecule has 5 heteroatoms. The fourth-order valence-electron chi connectivity index (χ4n) is 1.68. The topological polar surface area (TPSA) is 84.2 Å². The Bertz CT molecular complexity index is 565. The zero-order valence-electron chi connectivity index (χ0n) is 12.6. The van der Waals surface area contributed by atoms with Gasteiger partial charge in [0.2, 0.25) is 5.91 Å². The van der Waals surface area contributed by atoms with Crippen molar-refractivity contribution in [2.75, 3.05) is 20.1 Å². The number of nitrogens with two attached hydrogens (primary N) is 1. The van der Waals surface area contributed by atoms with Gasteiger partial charge in [-0.1, -0.05) is 11.8 Å². The summed E-state index contributed by atoms with van der Waals surface area (Å²) in [6.45, 7) is 4.12. The van der Waals surface area contributed by atoms with Gasteiger partial charge in [0.15, 0.2) is 0 Å². The normalized spacial score (nSPS) is 10.3. The molecule has 0 heterocycles. The van der Waals surface area contributed by atoms with Crippen LogP contribution in [0, 0.1) is 17.3 Å². The summed E-state index contributed by atoms with van der Waals surface area (Å²) in [7, 11) is 1.58. The average Bonchev–Trinajstić information content (AvgIpc) is 2.50.